The molecular formula is C14H16ClF3N2O. The van der Waals surface area contributed by atoms with Crippen LogP contribution in [0.5, 0.6) is 0 Å². The van der Waals surface area contributed by atoms with Crippen molar-refractivity contribution in [2.75, 3.05) is 13.1 Å². The molecule has 1 aliphatic heterocycles. The van der Waals surface area contributed by atoms with E-state index in [-0.39, 0.29) is 5.92 Å². The van der Waals surface area contributed by atoms with Crippen LogP contribution in [0.2, 0.25) is 5.02 Å². The molecule has 1 amide bonds. The highest BCUT2D eigenvalue weighted by atomic mass is 35.5. The fourth-order valence-corrected chi connectivity index (χ4v) is 2.70. The fraction of sp³-hybridized carbons (Fsp3) is 0.571. The number of piperidine rings is 1. The molecule has 0 bridgehead atoms. The number of rotatable bonds is 3. The van der Waals surface area contributed by atoms with Crippen molar-refractivity contribution >= 4 is 17.5 Å². The number of pyridine rings is 1. The number of carbonyl (C=O) groups is 1. The van der Waals surface area contributed by atoms with Gasteiger partial charge in [0.2, 0.25) is 5.91 Å². The van der Waals surface area contributed by atoms with Crippen LogP contribution in [0.15, 0.2) is 18.5 Å². The molecule has 2 rings (SSSR count). The van der Waals surface area contributed by atoms with E-state index in [1.807, 2.05) is 6.07 Å². The molecule has 0 radical (unpaired) electrons. The minimum atomic E-state index is -4.28. The first-order valence-corrected chi connectivity index (χ1v) is 7.18. The number of amides is 1. The maximum atomic E-state index is 12.1. The molecular weight excluding hydrogens is 305 g/mol. The van der Waals surface area contributed by atoms with Gasteiger partial charge in [0.05, 0.1) is 11.4 Å². The molecule has 21 heavy (non-hydrogen) atoms. The molecule has 3 nitrogen and oxygen atoms in total. The molecule has 0 aromatic carbocycles. The number of hydrogen-bond donors (Lipinski definition) is 0. The number of alkyl halides is 3. The first kappa shape index (κ1) is 16.1. The van der Waals surface area contributed by atoms with Crippen LogP contribution in [0, 0.1) is 0 Å². The summed E-state index contributed by atoms with van der Waals surface area (Å²) < 4.78 is 36.3. The van der Waals surface area contributed by atoms with E-state index in [4.69, 9.17) is 11.6 Å². The van der Waals surface area contributed by atoms with E-state index in [1.165, 1.54) is 4.90 Å². The molecule has 0 aliphatic carbocycles. The molecule has 1 fully saturated rings. The van der Waals surface area contributed by atoms with Gasteiger partial charge in [0.25, 0.3) is 0 Å². The molecule has 1 saturated heterocycles. The van der Waals surface area contributed by atoms with E-state index >= 15 is 0 Å². The Labute approximate surface area is 126 Å². The van der Waals surface area contributed by atoms with Crippen LogP contribution in [-0.4, -0.2) is 35.1 Å². The zero-order valence-corrected chi connectivity index (χ0v) is 12.1. The zero-order chi connectivity index (χ0) is 15.5. The molecule has 116 valence electrons. The van der Waals surface area contributed by atoms with Crippen molar-refractivity contribution < 1.29 is 18.0 Å². The van der Waals surface area contributed by atoms with Crippen LogP contribution in [0.25, 0.3) is 0 Å². The van der Waals surface area contributed by atoms with E-state index in [9.17, 15) is 18.0 Å². The summed E-state index contributed by atoms with van der Waals surface area (Å²) in [5.41, 5.74) is 1.02. The molecule has 1 aromatic heterocycles. The Bertz CT molecular complexity index is 499. The van der Waals surface area contributed by atoms with Crippen molar-refractivity contribution in [3.05, 3.63) is 29.0 Å². The Balaban J connectivity index is 1.84. The van der Waals surface area contributed by atoms with Crippen molar-refractivity contribution in [1.29, 1.82) is 0 Å². The van der Waals surface area contributed by atoms with Crippen molar-refractivity contribution in [1.82, 2.24) is 9.88 Å². The van der Waals surface area contributed by atoms with Crippen molar-refractivity contribution in [3.63, 3.8) is 0 Å². The van der Waals surface area contributed by atoms with Gasteiger partial charge < -0.3 is 4.90 Å². The summed E-state index contributed by atoms with van der Waals surface area (Å²) in [5, 5.41) is 0.566. The maximum absolute atomic E-state index is 12.1. The Morgan fingerprint density at radius 2 is 2.00 bits per heavy atom. The van der Waals surface area contributed by atoms with Gasteiger partial charge in [-0.25, -0.2) is 0 Å². The van der Waals surface area contributed by atoms with Crippen LogP contribution in [-0.2, 0) is 4.79 Å². The molecule has 1 aliphatic rings. The lowest BCUT2D eigenvalue weighted by Gasteiger charge is -2.32. The summed E-state index contributed by atoms with van der Waals surface area (Å²) in [6.07, 6.45) is -1.05. The summed E-state index contributed by atoms with van der Waals surface area (Å²) >= 11 is 5.89. The molecule has 0 N–H and O–H groups in total. The summed E-state index contributed by atoms with van der Waals surface area (Å²) in [5.74, 6) is -0.169. The number of carbonyl (C=O) groups excluding carboxylic acids is 1. The molecule has 1 aromatic rings. The third-order valence-electron chi connectivity index (χ3n) is 3.67. The lowest BCUT2D eigenvalue weighted by Crippen LogP contribution is -2.38. The minimum absolute atomic E-state index is 0.253. The monoisotopic (exact) mass is 320 g/mol. The van der Waals surface area contributed by atoms with Crippen LogP contribution in [0.3, 0.4) is 0 Å². The summed E-state index contributed by atoms with van der Waals surface area (Å²) in [7, 11) is 0. The van der Waals surface area contributed by atoms with Gasteiger partial charge in [0.1, 0.15) is 0 Å². The highest BCUT2D eigenvalue weighted by Crippen LogP contribution is 2.29. The number of halogens is 4. The van der Waals surface area contributed by atoms with Gasteiger partial charge >= 0.3 is 6.18 Å². The second kappa shape index (κ2) is 6.64. The predicted octanol–water partition coefficient (Wildman–Crippen LogP) is 3.78. The van der Waals surface area contributed by atoms with E-state index < -0.39 is 24.9 Å². The smallest absolute Gasteiger partial charge is 0.343 e. The molecule has 7 heteroatoms. The lowest BCUT2D eigenvalue weighted by atomic mass is 9.90. The minimum Gasteiger partial charge on any atom is -0.343 e. The zero-order valence-electron chi connectivity index (χ0n) is 11.4. The Morgan fingerprint density at radius 1 is 1.33 bits per heavy atom. The number of aromatic nitrogens is 1. The van der Waals surface area contributed by atoms with Crippen molar-refractivity contribution in [2.24, 2.45) is 0 Å². The Hall–Kier alpha value is -1.30. The first-order valence-electron chi connectivity index (χ1n) is 6.80. The molecule has 2 heterocycles. The molecule has 0 saturated carbocycles. The first-order chi connectivity index (χ1) is 9.85. The standard InChI is InChI=1S/C14H16ClF3N2O/c15-12-7-11(8-19-9-12)10-2-5-20(6-3-10)13(21)1-4-14(16,17)18/h7-10H,1-6H2. The number of hydrogen-bond acceptors (Lipinski definition) is 2. The highest BCUT2D eigenvalue weighted by Gasteiger charge is 2.30. The van der Waals surface area contributed by atoms with Crippen LogP contribution >= 0.6 is 11.6 Å². The Kier molecular flexibility index (Phi) is 5.08. The summed E-state index contributed by atoms with van der Waals surface area (Å²) in [6, 6.07) is 1.85. The maximum Gasteiger partial charge on any atom is 0.389 e. The van der Waals surface area contributed by atoms with Crippen molar-refractivity contribution in [2.45, 2.75) is 37.8 Å². The molecule has 0 atom stereocenters. The van der Waals surface area contributed by atoms with Crippen LogP contribution < -0.4 is 0 Å². The second-order valence-corrected chi connectivity index (χ2v) is 5.64. The molecule has 0 unspecified atom stereocenters. The van der Waals surface area contributed by atoms with E-state index in [0.29, 0.717) is 18.1 Å². The normalized spacial score (nSPS) is 17.0. The third-order valence-corrected chi connectivity index (χ3v) is 3.87. The SMILES string of the molecule is O=C(CCC(F)(F)F)N1CCC(c2cncc(Cl)c2)CC1. The number of likely N-dealkylation sites (tertiary alicyclic amines) is 1. The van der Waals surface area contributed by atoms with Crippen LogP contribution in [0.1, 0.15) is 37.2 Å². The second-order valence-electron chi connectivity index (χ2n) is 5.21. The summed E-state index contributed by atoms with van der Waals surface area (Å²) in [4.78, 5) is 17.3. The largest absolute Gasteiger partial charge is 0.389 e. The Morgan fingerprint density at radius 3 is 2.57 bits per heavy atom. The third kappa shape index (κ3) is 4.88. The predicted molar refractivity (Wildman–Crippen MR) is 73.1 cm³/mol. The fourth-order valence-electron chi connectivity index (χ4n) is 2.52. The van der Waals surface area contributed by atoms with Gasteiger partial charge in [-0.2, -0.15) is 13.2 Å². The van der Waals surface area contributed by atoms with Crippen molar-refractivity contribution in [3.8, 4) is 0 Å². The van der Waals surface area contributed by atoms with Gasteiger partial charge in [-0.3, -0.25) is 9.78 Å². The van der Waals surface area contributed by atoms with Gasteiger partial charge in [-0.05, 0) is 30.4 Å². The quantitative estimate of drug-likeness (QED) is 0.849. The van der Waals surface area contributed by atoms with Gasteiger partial charge in [-0.1, -0.05) is 11.6 Å². The average molecular weight is 321 g/mol. The highest BCUT2D eigenvalue weighted by molar-refractivity contribution is 6.30. The van der Waals surface area contributed by atoms with Gasteiger partial charge in [-0.15, -0.1) is 0 Å². The topological polar surface area (TPSA) is 33.2 Å². The van der Waals surface area contributed by atoms with E-state index in [0.717, 1.165) is 18.4 Å². The van der Waals surface area contributed by atoms with Crippen LogP contribution in [0.4, 0.5) is 13.2 Å². The lowest BCUT2D eigenvalue weighted by molar-refractivity contribution is -0.149. The number of nitrogens with zero attached hydrogens (tertiary/aromatic N) is 2. The summed E-state index contributed by atoms with van der Waals surface area (Å²) in [6.45, 7) is 0.960. The van der Waals surface area contributed by atoms with Gasteiger partial charge in [0, 0.05) is 31.9 Å². The average Bonchev–Trinajstić information content (AvgIpc) is 2.44. The van der Waals surface area contributed by atoms with Gasteiger partial charge in [0.15, 0.2) is 0 Å². The molecule has 0 spiro atoms. The van der Waals surface area contributed by atoms with E-state index in [1.54, 1.807) is 12.4 Å². The van der Waals surface area contributed by atoms with E-state index in [2.05, 4.69) is 4.98 Å².